The molecule has 0 amide bonds. The van der Waals surface area contributed by atoms with E-state index in [0.717, 1.165) is 17.1 Å². The number of benzene rings is 11. The van der Waals surface area contributed by atoms with Crippen molar-refractivity contribution in [2.45, 2.75) is 5.41 Å². The van der Waals surface area contributed by atoms with E-state index < -0.39 is 5.41 Å². The van der Waals surface area contributed by atoms with Gasteiger partial charge in [0.05, 0.1) is 5.41 Å². The molecule has 0 atom stereocenters. The van der Waals surface area contributed by atoms with E-state index in [2.05, 4.69) is 278 Å². The van der Waals surface area contributed by atoms with Crippen LogP contribution in [0.25, 0.3) is 66.4 Å². The summed E-state index contributed by atoms with van der Waals surface area (Å²) in [4.78, 5) is 2.42. The molecule has 11 aromatic rings. The van der Waals surface area contributed by atoms with Gasteiger partial charge < -0.3 is 4.90 Å². The van der Waals surface area contributed by atoms with Crippen LogP contribution in [0, 0.1) is 0 Å². The van der Waals surface area contributed by atoms with E-state index in [4.69, 9.17) is 0 Å². The van der Waals surface area contributed by atoms with Gasteiger partial charge in [0, 0.05) is 17.1 Å². The summed E-state index contributed by atoms with van der Waals surface area (Å²) < 4.78 is 0. The van der Waals surface area contributed by atoms with E-state index in [1.807, 2.05) is 0 Å². The van der Waals surface area contributed by atoms with Gasteiger partial charge in [-0.15, -0.1) is 0 Å². The summed E-state index contributed by atoms with van der Waals surface area (Å²) in [5.74, 6) is 0. The Morgan fingerprint density at radius 3 is 1.38 bits per heavy atom. The lowest BCUT2D eigenvalue weighted by Crippen LogP contribution is -2.28. The predicted molar refractivity (Wildman–Crippen MR) is 278 cm³/mol. The highest BCUT2D eigenvalue weighted by atomic mass is 15.1. The van der Waals surface area contributed by atoms with Crippen molar-refractivity contribution in [3.63, 3.8) is 0 Å². The Balaban J connectivity index is 1.01. The van der Waals surface area contributed by atoms with Gasteiger partial charge in [-0.05, 0) is 131 Å². The van der Waals surface area contributed by atoms with Crippen molar-refractivity contribution in [1.82, 2.24) is 0 Å². The van der Waals surface area contributed by atoms with Crippen molar-refractivity contribution in [2.75, 3.05) is 4.90 Å². The van der Waals surface area contributed by atoms with Gasteiger partial charge in [0.2, 0.25) is 0 Å². The minimum Gasteiger partial charge on any atom is -0.310 e. The molecular formula is C65H45N. The van der Waals surface area contributed by atoms with E-state index in [9.17, 15) is 0 Å². The zero-order chi connectivity index (χ0) is 43.9. The summed E-state index contributed by atoms with van der Waals surface area (Å²) in [6, 6.07) is 100.0. The fraction of sp³-hybridized carbons (Fsp3) is 0.0154. The van der Waals surface area contributed by atoms with Crippen molar-refractivity contribution in [3.05, 3.63) is 295 Å². The van der Waals surface area contributed by atoms with Crippen LogP contribution in [-0.2, 0) is 5.41 Å². The molecule has 11 aromatic carbocycles. The third-order valence-electron chi connectivity index (χ3n) is 13.6. The number of anilines is 3. The lowest BCUT2D eigenvalue weighted by atomic mass is 9.67. The molecule has 0 saturated carbocycles. The smallest absolute Gasteiger partial charge is 0.0714 e. The topological polar surface area (TPSA) is 3.24 Å². The van der Waals surface area contributed by atoms with Crippen molar-refractivity contribution < 1.29 is 0 Å². The van der Waals surface area contributed by atoms with E-state index in [1.54, 1.807) is 0 Å². The lowest BCUT2D eigenvalue weighted by molar-refractivity contribution is 0.768. The largest absolute Gasteiger partial charge is 0.310 e. The second-order valence-electron chi connectivity index (χ2n) is 17.2. The first-order valence-corrected chi connectivity index (χ1v) is 22.8. The first-order chi connectivity index (χ1) is 32.7. The van der Waals surface area contributed by atoms with E-state index >= 15 is 0 Å². The Morgan fingerprint density at radius 1 is 0.242 bits per heavy atom. The monoisotopic (exact) mass is 839 g/mol. The van der Waals surface area contributed by atoms with Crippen molar-refractivity contribution >= 4 is 27.8 Å². The Morgan fingerprint density at radius 2 is 0.697 bits per heavy atom. The zero-order valence-corrected chi connectivity index (χ0v) is 36.4. The van der Waals surface area contributed by atoms with Crippen LogP contribution in [0.3, 0.4) is 0 Å². The Hall–Kier alpha value is -8.52. The molecule has 0 bridgehead atoms. The molecule has 0 radical (unpaired) electrons. The lowest BCUT2D eigenvalue weighted by Gasteiger charge is -2.35. The second-order valence-corrected chi connectivity index (χ2v) is 17.2. The van der Waals surface area contributed by atoms with E-state index in [-0.39, 0.29) is 0 Å². The highest BCUT2D eigenvalue weighted by molar-refractivity contribution is 5.97. The maximum Gasteiger partial charge on any atom is 0.0714 e. The van der Waals surface area contributed by atoms with Crippen LogP contribution in [0.4, 0.5) is 17.1 Å². The van der Waals surface area contributed by atoms with Gasteiger partial charge in [0.15, 0.2) is 0 Å². The van der Waals surface area contributed by atoms with Crippen LogP contribution in [0.15, 0.2) is 273 Å². The number of nitrogens with zero attached hydrogens (tertiary/aromatic N) is 1. The molecular weight excluding hydrogens is 795 g/mol. The fourth-order valence-corrected chi connectivity index (χ4v) is 10.6. The number of fused-ring (bicyclic) bond motifs is 4. The van der Waals surface area contributed by atoms with Crippen LogP contribution in [-0.4, -0.2) is 0 Å². The maximum atomic E-state index is 2.45. The van der Waals surface area contributed by atoms with Gasteiger partial charge in [0.25, 0.3) is 0 Å². The molecule has 0 N–H and O–H groups in total. The molecule has 0 saturated heterocycles. The Bertz CT molecular complexity index is 3460. The van der Waals surface area contributed by atoms with Crippen LogP contribution in [0.5, 0.6) is 0 Å². The van der Waals surface area contributed by atoms with Crippen LogP contribution in [0.2, 0.25) is 0 Å². The first-order valence-electron chi connectivity index (χ1n) is 22.8. The normalized spacial score (nSPS) is 12.4. The first kappa shape index (κ1) is 39.1. The summed E-state index contributed by atoms with van der Waals surface area (Å²) >= 11 is 0. The third-order valence-corrected chi connectivity index (χ3v) is 13.6. The molecule has 0 spiro atoms. The maximum absolute atomic E-state index is 2.45. The SMILES string of the molecule is c1ccc(-c2ccccc2-c2ccc(N(c3ccc(-c4cccc(-c5cccc6ccccc56)c4)cc3)c3ccc4c(c3)C(c3ccccc3)(c3ccccc3)c3ccccc3-4)cc2)cc1. The average molecular weight is 840 g/mol. The highest BCUT2D eigenvalue weighted by Crippen LogP contribution is 2.57. The van der Waals surface area contributed by atoms with Gasteiger partial charge in [-0.2, -0.15) is 0 Å². The molecule has 0 heterocycles. The molecule has 12 rings (SSSR count). The molecule has 66 heavy (non-hydrogen) atoms. The van der Waals surface area contributed by atoms with Gasteiger partial charge in [-0.3, -0.25) is 0 Å². The molecule has 1 heteroatoms. The molecule has 0 aliphatic heterocycles. The summed E-state index contributed by atoms with van der Waals surface area (Å²) in [6.07, 6.45) is 0. The molecule has 0 aromatic heterocycles. The minimum atomic E-state index is -0.514. The van der Waals surface area contributed by atoms with Crippen LogP contribution >= 0.6 is 0 Å². The molecule has 1 aliphatic carbocycles. The number of hydrogen-bond acceptors (Lipinski definition) is 1. The van der Waals surface area contributed by atoms with Crippen LogP contribution in [0.1, 0.15) is 22.3 Å². The molecule has 1 aliphatic rings. The Kier molecular flexibility index (Phi) is 9.81. The van der Waals surface area contributed by atoms with E-state index in [0.29, 0.717) is 0 Å². The molecule has 0 fully saturated rings. The minimum absolute atomic E-state index is 0.514. The number of rotatable bonds is 9. The van der Waals surface area contributed by atoms with Crippen molar-refractivity contribution in [2.24, 2.45) is 0 Å². The van der Waals surface area contributed by atoms with Crippen molar-refractivity contribution in [1.29, 1.82) is 0 Å². The van der Waals surface area contributed by atoms with Crippen LogP contribution < -0.4 is 4.90 Å². The van der Waals surface area contributed by atoms with E-state index in [1.165, 1.54) is 88.7 Å². The molecule has 0 unspecified atom stereocenters. The summed E-state index contributed by atoms with van der Waals surface area (Å²) in [5, 5.41) is 2.51. The average Bonchev–Trinajstić information content (AvgIpc) is 3.70. The third kappa shape index (κ3) is 6.64. The zero-order valence-electron chi connectivity index (χ0n) is 36.4. The summed E-state index contributed by atoms with van der Waals surface area (Å²) in [7, 11) is 0. The predicted octanol–water partition coefficient (Wildman–Crippen LogP) is 17.3. The quantitative estimate of drug-likeness (QED) is 0.140. The second kappa shape index (κ2) is 16.6. The summed E-state index contributed by atoms with van der Waals surface area (Å²) in [6.45, 7) is 0. The van der Waals surface area contributed by atoms with Gasteiger partial charge in [-0.1, -0.05) is 231 Å². The molecule has 310 valence electrons. The Labute approximate surface area is 387 Å². The molecule has 1 nitrogen and oxygen atoms in total. The van der Waals surface area contributed by atoms with Crippen molar-refractivity contribution in [3.8, 4) is 55.6 Å². The number of hydrogen-bond donors (Lipinski definition) is 0. The van der Waals surface area contributed by atoms with Gasteiger partial charge in [-0.25, -0.2) is 0 Å². The standard InChI is InChI=1S/C65H45N/c1-4-18-47(19-5-1)57-29-12-13-30-59(57)49-36-40-55(41-37-49)66(54-38-34-46(35-39-54)50-22-16-23-51(44-50)60-32-17-21-48-20-10-11-28-58(48)60)56-42-43-62-61-31-14-15-33-63(61)65(64(62)45-56,52-24-6-2-7-25-52)53-26-8-3-9-27-53/h1-45H. The highest BCUT2D eigenvalue weighted by Gasteiger charge is 2.46. The summed E-state index contributed by atoms with van der Waals surface area (Å²) in [5.41, 5.74) is 20.0. The fourth-order valence-electron chi connectivity index (χ4n) is 10.6. The van der Waals surface area contributed by atoms with Gasteiger partial charge in [0.1, 0.15) is 0 Å². The van der Waals surface area contributed by atoms with Gasteiger partial charge >= 0.3 is 0 Å².